The second-order valence-electron chi connectivity index (χ2n) is 6.29. The minimum atomic E-state index is -0.552. The van der Waals surface area contributed by atoms with Gasteiger partial charge < -0.3 is 14.7 Å². The number of amides is 1. The molecule has 1 fully saturated rings. The number of β-amino-alcohol motifs (C(OH)–C–C–N with tert-alkyl or cyclic N) is 1. The van der Waals surface area contributed by atoms with Crippen LogP contribution in [0.15, 0.2) is 54.6 Å². The van der Waals surface area contributed by atoms with Crippen LogP contribution in [0.3, 0.4) is 0 Å². The molecule has 1 N–H and O–H groups in total. The lowest BCUT2D eigenvalue weighted by molar-refractivity contribution is -0.133. The van der Waals surface area contributed by atoms with Gasteiger partial charge >= 0.3 is 0 Å². The molecule has 4 nitrogen and oxygen atoms in total. The summed E-state index contributed by atoms with van der Waals surface area (Å²) in [5.41, 5.74) is 1.91. The fourth-order valence-electron chi connectivity index (χ4n) is 3.16. The highest BCUT2D eigenvalue weighted by Crippen LogP contribution is 2.32. The molecule has 5 heteroatoms. The quantitative estimate of drug-likeness (QED) is 0.820. The predicted octanol–water partition coefficient (Wildman–Crippen LogP) is 3.07. The van der Waals surface area contributed by atoms with Crippen LogP contribution in [0.5, 0.6) is 0 Å². The molecule has 0 spiro atoms. The zero-order chi connectivity index (χ0) is 17.6. The number of rotatable bonds is 6. The van der Waals surface area contributed by atoms with Gasteiger partial charge in [0.1, 0.15) is 5.82 Å². The molecular formula is C20H22FNO3. The number of hydrogen-bond acceptors (Lipinski definition) is 3. The molecule has 1 heterocycles. The molecular weight excluding hydrogens is 321 g/mol. The van der Waals surface area contributed by atoms with Crippen LogP contribution in [-0.4, -0.2) is 35.2 Å². The van der Waals surface area contributed by atoms with Gasteiger partial charge in [0.15, 0.2) is 0 Å². The standard InChI is InChI=1S/C20H22FNO3/c21-17-8-6-16(7-9-17)19-12-18(23)13-22(19)20(24)10-11-25-14-15-4-2-1-3-5-15/h1-9,18-19,23H,10-14H2/t18-,19+/m1/s1. The molecule has 0 bridgehead atoms. The molecule has 0 aliphatic carbocycles. The Morgan fingerprint density at radius 1 is 1.16 bits per heavy atom. The van der Waals surface area contributed by atoms with E-state index in [4.69, 9.17) is 4.74 Å². The maximum Gasteiger partial charge on any atom is 0.225 e. The van der Waals surface area contributed by atoms with Crippen molar-refractivity contribution in [2.75, 3.05) is 13.2 Å². The van der Waals surface area contributed by atoms with Gasteiger partial charge in [-0.2, -0.15) is 0 Å². The topological polar surface area (TPSA) is 49.8 Å². The first-order valence-corrected chi connectivity index (χ1v) is 8.48. The van der Waals surface area contributed by atoms with E-state index in [1.807, 2.05) is 30.3 Å². The molecule has 0 saturated carbocycles. The second kappa shape index (κ2) is 8.23. The van der Waals surface area contributed by atoms with Gasteiger partial charge in [0.2, 0.25) is 5.91 Å². The number of carbonyl (C=O) groups excluding carboxylic acids is 1. The zero-order valence-corrected chi connectivity index (χ0v) is 14.0. The average Bonchev–Trinajstić information content (AvgIpc) is 3.02. The number of aliphatic hydroxyl groups is 1. The fraction of sp³-hybridized carbons (Fsp3) is 0.350. The number of halogens is 1. The van der Waals surface area contributed by atoms with E-state index >= 15 is 0 Å². The summed E-state index contributed by atoms with van der Waals surface area (Å²) in [5, 5.41) is 9.96. The van der Waals surface area contributed by atoms with Crippen LogP contribution in [0, 0.1) is 5.82 Å². The monoisotopic (exact) mass is 343 g/mol. The van der Waals surface area contributed by atoms with E-state index in [2.05, 4.69) is 0 Å². The Morgan fingerprint density at radius 3 is 2.60 bits per heavy atom. The van der Waals surface area contributed by atoms with Crippen molar-refractivity contribution in [1.82, 2.24) is 4.90 Å². The summed E-state index contributed by atoms with van der Waals surface area (Å²) >= 11 is 0. The molecule has 0 aromatic heterocycles. The Balaban J connectivity index is 1.53. The molecule has 132 valence electrons. The molecule has 0 unspecified atom stereocenters. The van der Waals surface area contributed by atoms with E-state index in [9.17, 15) is 14.3 Å². The molecule has 1 aliphatic heterocycles. The number of nitrogens with zero attached hydrogens (tertiary/aromatic N) is 1. The van der Waals surface area contributed by atoms with Gasteiger partial charge in [0.05, 0.1) is 31.8 Å². The molecule has 1 amide bonds. The van der Waals surface area contributed by atoms with Crippen molar-refractivity contribution >= 4 is 5.91 Å². The third-order valence-corrected chi connectivity index (χ3v) is 4.43. The van der Waals surface area contributed by atoms with Crippen molar-refractivity contribution in [3.05, 3.63) is 71.5 Å². The Hall–Kier alpha value is -2.24. The van der Waals surface area contributed by atoms with Gasteiger partial charge in [-0.25, -0.2) is 4.39 Å². The van der Waals surface area contributed by atoms with Crippen LogP contribution in [-0.2, 0) is 16.1 Å². The normalized spacial score (nSPS) is 20.0. The third-order valence-electron chi connectivity index (χ3n) is 4.43. The van der Waals surface area contributed by atoms with Crippen molar-refractivity contribution in [3.8, 4) is 0 Å². The third kappa shape index (κ3) is 4.65. The van der Waals surface area contributed by atoms with E-state index in [0.29, 0.717) is 26.2 Å². The van der Waals surface area contributed by atoms with Crippen LogP contribution in [0.1, 0.15) is 30.0 Å². The average molecular weight is 343 g/mol. The minimum absolute atomic E-state index is 0.0565. The summed E-state index contributed by atoms with van der Waals surface area (Å²) in [6.45, 7) is 1.11. The van der Waals surface area contributed by atoms with E-state index in [0.717, 1.165) is 11.1 Å². The van der Waals surface area contributed by atoms with Crippen molar-refractivity contribution in [2.45, 2.75) is 31.6 Å². The van der Waals surface area contributed by atoms with Crippen LogP contribution >= 0.6 is 0 Å². The summed E-state index contributed by atoms with van der Waals surface area (Å²) in [6.07, 6.45) is 0.184. The summed E-state index contributed by atoms with van der Waals surface area (Å²) in [5.74, 6) is -0.367. The van der Waals surface area contributed by atoms with Crippen LogP contribution < -0.4 is 0 Å². The Morgan fingerprint density at radius 2 is 1.88 bits per heavy atom. The van der Waals surface area contributed by atoms with Gasteiger partial charge in [0, 0.05) is 6.54 Å². The highest BCUT2D eigenvalue weighted by molar-refractivity contribution is 5.77. The first-order valence-electron chi connectivity index (χ1n) is 8.48. The van der Waals surface area contributed by atoms with E-state index in [-0.39, 0.29) is 24.2 Å². The van der Waals surface area contributed by atoms with E-state index in [1.165, 1.54) is 12.1 Å². The predicted molar refractivity (Wildman–Crippen MR) is 92.2 cm³/mol. The maximum absolute atomic E-state index is 13.1. The lowest BCUT2D eigenvalue weighted by Crippen LogP contribution is -2.32. The van der Waals surface area contributed by atoms with E-state index < -0.39 is 6.10 Å². The molecule has 25 heavy (non-hydrogen) atoms. The van der Waals surface area contributed by atoms with Crippen molar-refractivity contribution in [1.29, 1.82) is 0 Å². The van der Waals surface area contributed by atoms with Crippen molar-refractivity contribution < 1.29 is 19.0 Å². The summed E-state index contributed by atoms with van der Waals surface area (Å²) < 4.78 is 18.7. The first kappa shape index (κ1) is 17.6. The Kier molecular flexibility index (Phi) is 5.79. The number of benzene rings is 2. The summed E-state index contributed by atoms with van der Waals surface area (Å²) in [4.78, 5) is 14.2. The molecule has 1 aliphatic rings. The fourth-order valence-corrected chi connectivity index (χ4v) is 3.16. The number of ether oxygens (including phenoxy) is 1. The SMILES string of the molecule is O=C(CCOCc1ccccc1)N1C[C@H](O)C[C@H]1c1ccc(F)cc1. The number of aliphatic hydroxyl groups excluding tert-OH is 1. The minimum Gasteiger partial charge on any atom is -0.391 e. The lowest BCUT2D eigenvalue weighted by Gasteiger charge is -2.25. The molecule has 3 rings (SSSR count). The van der Waals surface area contributed by atoms with Crippen LogP contribution in [0.4, 0.5) is 4.39 Å². The Bertz CT molecular complexity index is 690. The Labute approximate surface area is 146 Å². The molecule has 1 saturated heterocycles. The smallest absolute Gasteiger partial charge is 0.225 e. The highest BCUT2D eigenvalue weighted by Gasteiger charge is 2.34. The number of carbonyl (C=O) groups is 1. The molecule has 2 aromatic carbocycles. The zero-order valence-electron chi connectivity index (χ0n) is 14.0. The van der Waals surface area contributed by atoms with Crippen molar-refractivity contribution in [3.63, 3.8) is 0 Å². The van der Waals surface area contributed by atoms with Crippen LogP contribution in [0.2, 0.25) is 0 Å². The highest BCUT2D eigenvalue weighted by atomic mass is 19.1. The van der Waals surface area contributed by atoms with Gasteiger partial charge in [-0.1, -0.05) is 42.5 Å². The number of likely N-dealkylation sites (tertiary alicyclic amines) is 1. The van der Waals surface area contributed by atoms with Gasteiger partial charge in [-0.15, -0.1) is 0 Å². The molecule has 0 radical (unpaired) electrons. The van der Waals surface area contributed by atoms with Crippen LogP contribution in [0.25, 0.3) is 0 Å². The van der Waals surface area contributed by atoms with Crippen molar-refractivity contribution in [2.24, 2.45) is 0 Å². The van der Waals surface area contributed by atoms with Gasteiger partial charge in [0.25, 0.3) is 0 Å². The summed E-state index contributed by atoms with van der Waals surface area (Å²) in [7, 11) is 0. The van der Waals surface area contributed by atoms with Gasteiger partial charge in [-0.3, -0.25) is 4.79 Å². The second-order valence-corrected chi connectivity index (χ2v) is 6.29. The molecule has 2 atom stereocenters. The largest absolute Gasteiger partial charge is 0.391 e. The first-order chi connectivity index (χ1) is 12.1. The van der Waals surface area contributed by atoms with Gasteiger partial charge in [-0.05, 0) is 29.7 Å². The molecule has 2 aromatic rings. The number of hydrogen-bond donors (Lipinski definition) is 1. The maximum atomic E-state index is 13.1. The summed E-state index contributed by atoms with van der Waals surface area (Å²) in [6, 6.07) is 15.7. The lowest BCUT2D eigenvalue weighted by atomic mass is 10.0. The van der Waals surface area contributed by atoms with E-state index in [1.54, 1.807) is 17.0 Å².